The third-order valence-corrected chi connectivity index (χ3v) is 6.06. The van der Waals surface area contributed by atoms with E-state index in [1.54, 1.807) is 12.3 Å². The maximum absolute atomic E-state index is 12.8. The molecule has 0 radical (unpaired) electrons. The number of halogens is 1. The van der Waals surface area contributed by atoms with E-state index in [1.165, 1.54) is 0 Å². The van der Waals surface area contributed by atoms with Crippen LogP contribution in [0.1, 0.15) is 33.6 Å². The number of amides is 1. The van der Waals surface area contributed by atoms with Crippen LogP contribution < -0.4 is 5.32 Å². The van der Waals surface area contributed by atoms with E-state index in [1.807, 2.05) is 26.8 Å². The molecule has 2 fully saturated rings. The summed E-state index contributed by atoms with van der Waals surface area (Å²) in [4.78, 5) is 29.1. The SMILES string of the molecule is CC1(C)[C@@]2(C)CC[C@]1(C(=O)Nc1ccc(I)cn1)OC2=O. The number of hydrogen-bond donors (Lipinski definition) is 1. The molecule has 1 saturated carbocycles. The van der Waals surface area contributed by atoms with Crippen LogP contribution in [0.4, 0.5) is 5.82 Å². The topological polar surface area (TPSA) is 68.3 Å². The van der Waals surface area contributed by atoms with E-state index in [-0.39, 0.29) is 11.9 Å². The van der Waals surface area contributed by atoms with Gasteiger partial charge in [-0.15, -0.1) is 0 Å². The lowest BCUT2D eigenvalue weighted by molar-refractivity contribution is -0.165. The van der Waals surface area contributed by atoms with Gasteiger partial charge in [-0.25, -0.2) is 4.98 Å². The number of fused-ring (bicyclic) bond motifs is 2. The smallest absolute Gasteiger partial charge is 0.313 e. The molecular weight excluding hydrogens is 383 g/mol. The van der Waals surface area contributed by atoms with E-state index < -0.39 is 16.4 Å². The van der Waals surface area contributed by atoms with E-state index in [0.29, 0.717) is 18.7 Å². The Morgan fingerprint density at radius 3 is 2.52 bits per heavy atom. The summed E-state index contributed by atoms with van der Waals surface area (Å²) < 4.78 is 6.53. The number of rotatable bonds is 2. The van der Waals surface area contributed by atoms with Gasteiger partial charge in [0.1, 0.15) is 5.82 Å². The average molecular weight is 400 g/mol. The Labute approximate surface area is 137 Å². The lowest BCUT2D eigenvalue weighted by atomic mass is 9.66. The van der Waals surface area contributed by atoms with Crippen molar-refractivity contribution >= 4 is 40.3 Å². The first-order valence-corrected chi connectivity index (χ1v) is 7.97. The summed E-state index contributed by atoms with van der Waals surface area (Å²) in [5.74, 6) is -0.0811. The van der Waals surface area contributed by atoms with E-state index >= 15 is 0 Å². The lowest BCUT2D eigenvalue weighted by Gasteiger charge is -2.35. The van der Waals surface area contributed by atoms with Crippen molar-refractivity contribution < 1.29 is 14.3 Å². The Morgan fingerprint density at radius 2 is 2.05 bits per heavy atom. The number of aromatic nitrogens is 1. The van der Waals surface area contributed by atoms with Crippen molar-refractivity contribution in [1.82, 2.24) is 4.98 Å². The van der Waals surface area contributed by atoms with Crippen molar-refractivity contribution in [2.24, 2.45) is 10.8 Å². The molecule has 0 spiro atoms. The Morgan fingerprint density at radius 1 is 1.33 bits per heavy atom. The minimum absolute atomic E-state index is 0.274. The van der Waals surface area contributed by atoms with E-state index in [2.05, 4.69) is 32.9 Å². The Hall–Kier alpha value is -1.18. The van der Waals surface area contributed by atoms with Gasteiger partial charge in [0, 0.05) is 15.2 Å². The second kappa shape index (κ2) is 4.41. The van der Waals surface area contributed by atoms with Crippen LogP contribution in [-0.4, -0.2) is 22.5 Å². The van der Waals surface area contributed by atoms with Crippen molar-refractivity contribution in [3.63, 3.8) is 0 Å². The van der Waals surface area contributed by atoms with Gasteiger partial charge in [-0.1, -0.05) is 13.8 Å². The van der Waals surface area contributed by atoms with E-state index in [4.69, 9.17) is 4.74 Å². The van der Waals surface area contributed by atoms with Gasteiger partial charge in [0.05, 0.1) is 5.41 Å². The van der Waals surface area contributed by atoms with E-state index in [9.17, 15) is 9.59 Å². The van der Waals surface area contributed by atoms with Crippen LogP contribution in [0.15, 0.2) is 18.3 Å². The van der Waals surface area contributed by atoms with Gasteiger partial charge in [-0.2, -0.15) is 0 Å². The fourth-order valence-corrected chi connectivity index (χ4v) is 3.73. The molecule has 1 aliphatic carbocycles. The number of pyridine rings is 1. The summed E-state index contributed by atoms with van der Waals surface area (Å²) >= 11 is 2.15. The summed E-state index contributed by atoms with van der Waals surface area (Å²) in [6.45, 7) is 5.76. The number of hydrogen-bond acceptors (Lipinski definition) is 4. The molecule has 1 saturated heterocycles. The number of carbonyl (C=O) groups is 2. The Balaban J connectivity index is 1.91. The molecule has 2 aliphatic rings. The number of ether oxygens (including phenoxy) is 1. The molecule has 1 N–H and O–H groups in total. The minimum atomic E-state index is -1.09. The van der Waals surface area contributed by atoms with Crippen LogP contribution in [0.3, 0.4) is 0 Å². The normalized spacial score (nSPS) is 32.9. The standard InChI is InChI=1S/C15H17IN2O3/c1-13(2)14(3)6-7-15(13,21-12(14)20)11(19)18-10-5-4-9(16)8-17-10/h4-5,8H,6-7H2,1-3H3,(H,17,18,19)/t14-,15+/m0/s1. The molecule has 1 aliphatic heterocycles. The highest BCUT2D eigenvalue weighted by Gasteiger charge is 2.75. The van der Waals surface area contributed by atoms with Crippen LogP contribution >= 0.6 is 22.6 Å². The first-order chi connectivity index (χ1) is 9.73. The molecule has 2 bridgehead atoms. The highest BCUT2D eigenvalue weighted by molar-refractivity contribution is 14.1. The van der Waals surface area contributed by atoms with Gasteiger partial charge in [0.15, 0.2) is 5.60 Å². The fraction of sp³-hybridized carbons (Fsp3) is 0.533. The molecule has 0 aromatic carbocycles. The highest BCUT2D eigenvalue weighted by atomic mass is 127. The number of nitrogens with zero attached hydrogens (tertiary/aromatic N) is 1. The highest BCUT2D eigenvalue weighted by Crippen LogP contribution is 2.65. The largest absolute Gasteiger partial charge is 0.448 e. The second-order valence-corrected chi connectivity index (χ2v) is 7.74. The zero-order valence-electron chi connectivity index (χ0n) is 12.2. The van der Waals surface area contributed by atoms with Crippen LogP contribution in [-0.2, 0) is 14.3 Å². The van der Waals surface area contributed by atoms with Gasteiger partial charge >= 0.3 is 5.97 Å². The van der Waals surface area contributed by atoms with Crippen molar-refractivity contribution in [1.29, 1.82) is 0 Å². The van der Waals surface area contributed by atoms with Crippen molar-refractivity contribution in [3.05, 3.63) is 21.9 Å². The summed E-state index contributed by atoms with van der Waals surface area (Å²) in [6.07, 6.45) is 2.91. The molecule has 1 aromatic rings. The first kappa shape index (κ1) is 14.7. The summed E-state index contributed by atoms with van der Waals surface area (Å²) in [5.41, 5.74) is -2.22. The van der Waals surface area contributed by atoms with Crippen molar-refractivity contribution in [2.75, 3.05) is 5.32 Å². The lowest BCUT2D eigenvalue weighted by Crippen LogP contribution is -2.50. The Kier molecular flexibility index (Phi) is 3.10. The average Bonchev–Trinajstić information content (AvgIpc) is 2.72. The Bertz CT molecular complexity index is 628. The third-order valence-electron chi connectivity index (χ3n) is 5.42. The molecule has 5 nitrogen and oxygen atoms in total. The number of esters is 1. The number of anilines is 1. The van der Waals surface area contributed by atoms with Gasteiger partial charge in [0.25, 0.3) is 5.91 Å². The van der Waals surface area contributed by atoms with Crippen LogP contribution in [0.2, 0.25) is 0 Å². The fourth-order valence-electron chi connectivity index (χ4n) is 3.41. The molecule has 1 aromatic heterocycles. The van der Waals surface area contributed by atoms with Crippen LogP contribution in [0.25, 0.3) is 0 Å². The molecule has 6 heteroatoms. The maximum atomic E-state index is 12.8. The monoisotopic (exact) mass is 400 g/mol. The van der Waals surface area contributed by atoms with Gasteiger partial charge in [-0.05, 0) is 54.5 Å². The summed E-state index contributed by atoms with van der Waals surface area (Å²) in [5, 5.41) is 2.79. The predicted octanol–water partition coefficient (Wildman–Crippen LogP) is 2.75. The van der Waals surface area contributed by atoms with E-state index in [0.717, 1.165) is 3.57 Å². The number of nitrogens with one attached hydrogen (secondary N) is 1. The van der Waals surface area contributed by atoms with Crippen molar-refractivity contribution in [3.8, 4) is 0 Å². The summed E-state index contributed by atoms with van der Waals surface area (Å²) in [6, 6.07) is 3.61. The minimum Gasteiger partial charge on any atom is -0.448 e. The second-order valence-electron chi connectivity index (χ2n) is 6.49. The molecule has 2 heterocycles. The molecule has 112 valence electrons. The van der Waals surface area contributed by atoms with Crippen LogP contribution in [0.5, 0.6) is 0 Å². The molecule has 0 unspecified atom stereocenters. The van der Waals surface area contributed by atoms with Gasteiger partial charge < -0.3 is 10.1 Å². The molecular formula is C15H17IN2O3. The zero-order chi connectivity index (χ0) is 15.5. The van der Waals surface area contributed by atoms with Gasteiger partial charge in [-0.3, -0.25) is 9.59 Å². The quantitative estimate of drug-likeness (QED) is 0.613. The van der Waals surface area contributed by atoms with Gasteiger partial charge in [0.2, 0.25) is 0 Å². The maximum Gasteiger partial charge on any atom is 0.313 e. The zero-order valence-corrected chi connectivity index (χ0v) is 14.4. The predicted molar refractivity (Wildman–Crippen MR) is 85.5 cm³/mol. The first-order valence-electron chi connectivity index (χ1n) is 6.89. The molecule has 1 amide bonds. The molecule has 21 heavy (non-hydrogen) atoms. The third kappa shape index (κ3) is 1.77. The van der Waals surface area contributed by atoms with Crippen molar-refractivity contribution in [2.45, 2.75) is 39.2 Å². The number of carbonyl (C=O) groups excluding carboxylic acids is 2. The molecule has 2 atom stereocenters. The van der Waals surface area contributed by atoms with Crippen LogP contribution in [0, 0.1) is 14.4 Å². The molecule has 3 rings (SSSR count). The summed E-state index contributed by atoms with van der Waals surface area (Å²) in [7, 11) is 0.